The number of hydrogen-bond acceptors (Lipinski definition) is 0. The smallest absolute Gasteiger partial charge is 0 e. The number of halogens is 1. The van der Waals surface area contributed by atoms with Crippen LogP contribution in [0, 0.1) is 80.7 Å². The molecule has 136 valence electrons. The second kappa shape index (κ2) is 19.9. The Labute approximate surface area is 185 Å². The Morgan fingerprint density at radius 3 is 1.92 bits per heavy atom. The van der Waals surface area contributed by atoms with Gasteiger partial charge in [0.2, 0.25) is 0 Å². The molecule has 0 saturated heterocycles. The van der Waals surface area contributed by atoms with Gasteiger partial charge in [-0.05, 0) is 64.2 Å². The van der Waals surface area contributed by atoms with Crippen molar-refractivity contribution in [1.82, 2.24) is 0 Å². The number of unbranched alkanes of at least 4 members (excludes halogenated alkanes) is 1. The molecule has 0 heterocycles. The fourth-order valence-corrected chi connectivity index (χ4v) is 4.97. The van der Waals surface area contributed by atoms with E-state index in [1.54, 1.807) is 0 Å². The van der Waals surface area contributed by atoms with Gasteiger partial charge in [0.15, 0.2) is 0 Å². The molecule has 0 aromatic rings. The minimum atomic E-state index is -0.926. The van der Waals surface area contributed by atoms with Crippen LogP contribution in [0.3, 0.4) is 0 Å². The summed E-state index contributed by atoms with van der Waals surface area (Å²) in [6.07, 6.45) is 32.3. The van der Waals surface area contributed by atoms with Gasteiger partial charge in [-0.15, -0.1) is 0 Å². The Bertz CT molecular complexity index is 311. The molecule has 0 aliphatic heterocycles. The molecule has 3 aliphatic carbocycles. The minimum absolute atomic E-state index is 0. The van der Waals surface area contributed by atoms with Crippen LogP contribution in [-0.4, -0.2) is 17.5 Å². The van der Waals surface area contributed by atoms with Crippen molar-refractivity contribution >= 4 is 17.5 Å². The Morgan fingerprint density at radius 1 is 1.00 bits per heavy atom. The molecule has 0 aromatic carbocycles. The first-order valence-electron chi connectivity index (χ1n) is 8.83. The molecule has 0 amide bonds. The van der Waals surface area contributed by atoms with Crippen molar-refractivity contribution in [3.63, 3.8) is 0 Å². The van der Waals surface area contributed by atoms with Crippen molar-refractivity contribution < 1.29 is 36.3 Å². The Kier molecular flexibility index (Phi) is 20.9. The Morgan fingerprint density at radius 2 is 1.52 bits per heavy atom. The standard InChI is InChI=1S/C12H20ClSe.2C5H5.Zr/c1-2-3-10-14(13)11-9-12-7-5-4-6-8-12;2*1-2-4-5-3-1;/h7,9,13H,2-6,8,10H2,1H3;2*1-5H;/q-1;;;/b12-9+;;;. The maximum atomic E-state index is 5.43. The molecule has 3 saturated carbocycles. The Balaban J connectivity index is 0.000000425. The van der Waals surface area contributed by atoms with Gasteiger partial charge >= 0.3 is 96.4 Å². The van der Waals surface area contributed by atoms with Crippen molar-refractivity contribution in [1.29, 1.82) is 0 Å². The zero-order chi connectivity index (χ0) is 17.3. The molecular weight excluding hydrogens is 470 g/mol. The van der Waals surface area contributed by atoms with Crippen molar-refractivity contribution in [3.8, 4) is 0 Å². The van der Waals surface area contributed by atoms with E-state index in [2.05, 4.69) is 24.3 Å². The van der Waals surface area contributed by atoms with Crippen molar-refractivity contribution in [2.24, 2.45) is 0 Å². The SMILES string of the molecule is CCCC[Se]([ClH+])=[C-]/C=C1\[CH-]CCCC1.[CH]1[CH][CH][CH][CH]1.[CH]1[CH][CH][CH][CH]1.[Zr]. The van der Waals surface area contributed by atoms with Gasteiger partial charge in [0.05, 0.1) is 0 Å². The molecule has 1 atom stereocenters. The molecule has 1 unspecified atom stereocenters. The number of hydrogen-bond donors (Lipinski definition) is 0. The van der Waals surface area contributed by atoms with E-state index in [9.17, 15) is 0 Å². The fraction of sp³-hybridized carbons (Fsp3) is 0.364. The van der Waals surface area contributed by atoms with Crippen LogP contribution in [0.25, 0.3) is 0 Å². The molecule has 3 fully saturated rings. The van der Waals surface area contributed by atoms with Crippen LogP contribution in [0.4, 0.5) is 0 Å². The summed E-state index contributed by atoms with van der Waals surface area (Å²) in [5.41, 5.74) is 1.48. The predicted octanol–water partition coefficient (Wildman–Crippen LogP) is 5.07. The monoisotopic (exact) mass is 499 g/mol. The van der Waals surface area contributed by atoms with Gasteiger partial charge in [-0.3, -0.25) is 0 Å². The third kappa shape index (κ3) is 17.0. The van der Waals surface area contributed by atoms with Gasteiger partial charge in [0, 0.05) is 26.2 Å². The van der Waals surface area contributed by atoms with E-state index in [-0.39, 0.29) is 26.2 Å². The summed E-state index contributed by atoms with van der Waals surface area (Å²) >= 11 is -0.926. The summed E-state index contributed by atoms with van der Waals surface area (Å²) in [6.45, 7) is 2.22. The number of allylic oxidation sites excluding steroid dienone is 2. The molecule has 10 radical (unpaired) electrons. The predicted molar refractivity (Wildman–Crippen MR) is 106 cm³/mol. The van der Waals surface area contributed by atoms with Gasteiger partial charge < -0.3 is 0 Å². The van der Waals surface area contributed by atoms with Crippen molar-refractivity contribution in [3.05, 3.63) is 82.3 Å². The second-order valence-electron chi connectivity index (χ2n) is 5.61. The molecule has 3 rings (SSSR count). The summed E-state index contributed by atoms with van der Waals surface area (Å²) in [5, 5.41) is 1.23. The van der Waals surface area contributed by atoms with Crippen LogP contribution in [0.15, 0.2) is 11.6 Å². The first kappa shape index (κ1) is 26.2. The fourth-order valence-electron chi connectivity index (χ4n) is 2.11. The summed E-state index contributed by atoms with van der Waals surface area (Å²) < 4.78 is 0. The zero-order valence-electron chi connectivity index (χ0n) is 15.2. The normalized spacial score (nSPS) is 22.1. The maximum Gasteiger partial charge on any atom is 0 e. The number of rotatable bonds is 4. The molecule has 25 heavy (non-hydrogen) atoms. The summed E-state index contributed by atoms with van der Waals surface area (Å²) in [6, 6.07) is 0. The van der Waals surface area contributed by atoms with E-state index < -0.39 is 12.6 Å². The van der Waals surface area contributed by atoms with Crippen LogP contribution in [-0.2, 0) is 26.2 Å². The van der Waals surface area contributed by atoms with E-state index >= 15 is 0 Å². The molecular formula is C22H30ClSeZr-. The van der Waals surface area contributed by atoms with Crippen LogP contribution < -0.4 is 0 Å². The van der Waals surface area contributed by atoms with Crippen LogP contribution in [0.2, 0.25) is 5.32 Å². The average Bonchev–Trinajstić information content (AvgIpc) is 3.37. The molecule has 0 bridgehead atoms. The quantitative estimate of drug-likeness (QED) is 0.374. The minimum Gasteiger partial charge on any atom is -0.0312 e. The first-order chi connectivity index (χ1) is 11.8. The van der Waals surface area contributed by atoms with Crippen LogP contribution in [0.1, 0.15) is 45.4 Å². The van der Waals surface area contributed by atoms with E-state index in [1.165, 1.54) is 49.4 Å². The molecule has 0 aromatic heterocycles. The van der Waals surface area contributed by atoms with E-state index in [0.29, 0.717) is 0 Å². The third-order valence-corrected chi connectivity index (χ3v) is 7.04. The topological polar surface area (TPSA) is 0 Å². The van der Waals surface area contributed by atoms with Crippen LogP contribution in [0.5, 0.6) is 0 Å². The van der Waals surface area contributed by atoms with Crippen molar-refractivity contribution in [2.75, 3.05) is 0 Å². The van der Waals surface area contributed by atoms with E-state index in [0.717, 1.165) is 0 Å². The third-order valence-electron chi connectivity index (χ3n) is 3.50. The van der Waals surface area contributed by atoms with Gasteiger partial charge in [0.25, 0.3) is 0 Å². The molecule has 0 spiro atoms. The molecule has 3 heteroatoms. The van der Waals surface area contributed by atoms with Gasteiger partial charge in [-0.1, -0.05) is 0 Å². The second-order valence-corrected chi connectivity index (χ2v) is 10.5. The summed E-state index contributed by atoms with van der Waals surface area (Å²) in [7, 11) is 5.43. The van der Waals surface area contributed by atoms with Gasteiger partial charge in [-0.2, -0.15) is 0 Å². The molecule has 0 nitrogen and oxygen atoms in total. The van der Waals surface area contributed by atoms with Gasteiger partial charge in [0.1, 0.15) is 0 Å². The largest absolute Gasteiger partial charge is 0.0312 e. The molecule has 0 N–H and O–H groups in total. The maximum absolute atomic E-state index is 5.43. The summed E-state index contributed by atoms with van der Waals surface area (Å²) in [5.74, 6) is 0. The first-order valence-corrected chi connectivity index (χ1v) is 13.3. The van der Waals surface area contributed by atoms with Gasteiger partial charge in [-0.25, -0.2) is 0 Å². The molecule has 3 aliphatic rings. The zero-order valence-corrected chi connectivity index (χ0v) is 20.2. The van der Waals surface area contributed by atoms with Crippen LogP contribution >= 0.6 is 0 Å². The van der Waals surface area contributed by atoms with Crippen molar-refractivity contribution in [2.45, 2.75) is 50.8 Å². The van der Waals surface area contributed by atoms with E-state index in [1.807, 2.05) is 64.2 Å². The average molecular weight is 500 g/mol. The van der Waals surface area contributed by atoms with E-state index in [4.69, 9.17) is 10.1 Å². The summed E-state index contributed by atoms with van der Waals surface area (Å²) in [4.78, 5) is 3.43. The Hall–Kier alpha value is 1.17.